The fraction of sp³-hybridized carbons (Fsp3) is 0.579. The molecule has 1 aliphatic heterocycles. The molecule has 136 valence electrons. The van der Waals surface area contributed by atoms with E-state index in [9.17, 15) is 9.59 Å². The van der Waals surface area contributed by atoms with Crippen LogP contribution in [-0.4, -0.2) is 50.7 Å². The third-order valence-corrected chi connectivity index (χ3v) is 5.32. The van der Waals surface area contributed by atoms with Crippen molar-refractivity contribution >= 4 is 11.9 Å². The number of quaternary nitrogens is 2. The van der Waals surface area contributed by atoms with Crippen LogP contribution in [0.2, 0.25) is 0 Å². The Labute approximate surface area is 149 Å². The van der Waals surface area contributed by atoms with E-state index in [0.29, 0.717) is 6.54 Å². The molecule has 0 radical (unpaired) electrons. The van der Waals surface area contributed by atoms with Gasteiger partial charge in [0.05, 0.1) is 0 Å². The fourth-order valence-corrected chi connectivity index (χ4v) is 3.88. The molecule has 1 saturated carbocycles. The maximum absolute atomic E-state index is 12.1. The number of rotatable bonds is 5. The minimum absolute atomic E-state index is 0.169. The molecular formula is C19H30N4O2+2. The monoisotopic (exact) mass is 346 g/mol. The van der Waals surface area contributed by atoms with E-state index >= 15 is 0 Å². The Morgan fingerprint density at radius 1 is 0.960 bits per heavy atom. The van der Waals surface area contributed by atoms with Crippen molar-refractivity contribution in [3.8, 4) is 0 Å². The molecule has 3 rings (SSSR count). The highest BCUT2D eigenvalue weighted by molar-refractivity contribution is 5.94. The third kappa shape index (κ3) is 5.83. The van der Waals surface area contributed by atoms with E-state index in [1.807, 2.05) is 6.07 Å². The van der Waals surface area contributed by atoms with Crippen LogP contribution < -0.4 is 20.4 Å². The number of hydrogen-bond acceptors (Lipinski definition) is 2. The van der Waals surface area contributed by atoms with E-state index in [2.05, 4.69) is 34.9 Å². The number of benzene rings is 1. The molecule has 4 N–H and O–H groups in total. The van der Waals surface area contributed by atoms with Crippen molar-refractivity contribution < 1.29 is 19.4 Å². The van der Waals surface area contributed by atoms with E-state index in [1.54, 1.807) is 4.90 Å². The standard InChI is InChI=1S/C19H28N4O2/c24-18(21-19(25)20-17-8-4-5-9-17)15-23-12-10-22(11-13-23)14-16-6-2-1-3-7-16/h1-3,6-7,17H,4-5,8-15H2,(H2,20,21,24,25)/p+2. The van der Waals surface area contributed by atoms with Crippen LogP contribution >= 0.6 is 0 Å². The van der Waals surface area contributed by atoms with Gasteiger partial charge in [0.25, 0.3) is 5.91 Å². The smallest absolute Gasteiger partial charge is 0.321 e. The van der Waals surface area contributed by atoms with Crippen LogP contribution in [0, 0.1) is 0 Å². The lowest BCUT2D eigenvalue weighted by Crippen LogP contribution is -3.28. The lowest BCUT2D eigenvalue weighted by Gasteiger charge is -2.29. The summed E-state index contributed by atoms with van der Waals surface area (Å²) in [7, 11) is 0. The van der Waals surface area contributed by atoms with Gasteiger partial charge in [0, 0.05) is 11.6 Å². The number of hydrogen-bond donors (Lipinski definition) is 4. The summed E-state index contributed by atoms with van der Waals surface area (Å²) in [6, 6.07) is 10.5. The molecule has 6 nitrogen and oxygen atoms in total. The SMILES string of the molecule is O=C(C[NH+]1CC[NH+](Cc2ccccc2)CC1)NC(=O)NC1CCCC1. The van der Waals surface area contributed by atoms with E-state index < -0.39 is 0 Å². The lowest BCUT2D eigenvalue weighted by molar-refractivity contribution is -1.02. The summed E-state index contributed by atoms with van der Waals surface area (Å²) in [6.45, 7) is 5.50. The van der Waals surface area contributed by atoms with Gasteiger partial charge in [-0.15, -0.1) is 0 Å². The van der Waals surface area contributed by atoms with E-state index in [-0.39, 0.29) is 18.0 Å². The zero-order valence-electron chi connectivity index (χ0n) is 14.9. The molecule has 1 aromatic rings. The Morgan fingerprint density at radius 3 is 2.28 bits per heavy atom. The normalized spacial score (nSPS) is 24.0. The molecule has 1 aromatic carbocycles. The maximum Gasteiger partial charge on any atom is 0.321 e. The van der Waals surface area contributed by atoms with Gasteiger partial charge in [0.2, 0.25) is 0 Å². The second kappa shape index (κ2) is 8.97. The Morgan fingerprint density at radius 2 is 1.60 bits per heavy atom. The van der Waals surface area contributed by atoms with Gasteiger partial charge in [0.1, 0.15) is 32.7 Å². The van der Waals surface area contributed by atoms with Crippen molar-refractivity contribution in [2.24, 2.45) is 0 Å². The number of piperazine rings is 1. The summed E-state index contributed by atoms with van der Waals surface area (Å²) in [4.78, 5) is 26.7. The summed E-state index contributed by atoms with van der Waals surface area (Å²) in [5, 5.41) is 5.39. The van der Waals surface area contributed by atoms with Gasteiger partial charge in [-0.2, -0.15) is 0 Å². The second-order valence-electron chi connectivity index (χ2n) is 7.34. The first kappa shape index (κ1) is 17.9. The third-order valence-electron chi connectivity index (χ3n) is 5.32. The second-order valence-corrected chi connectivity index (χ2v) is 7.34. The summed E-state index contributed by atoms with van der Waals surface area (Å²) in [5.41, 5.74) is 1.36. The first-order chi connectivity index (χ1) is 12.2. The lowest BCUT2D eigenvalue weighted by atomic mass is 10.2. The minimum atomic E-state index is -0.329. The van der Waals surface area contributed by atoms with Gasteiger partial charge >= 0.3 is 6.03 Å². The highest BCUT2D eigenvalue weighted by Gasteiger charge is 2.26. The highest BCUT2D eigenvalue weighted by atomic mass is 16.2. The number of amides is 3. The van der Waals surface area contributed by atoms with E-state index in [1.165, 1.54) is 23.3 Å². The summed E-state index contributed by atoms with van der Waals surface area (Å²) in [5.74, 6) is -0.169. The molecular weight excluding hydrogens is 316 g/mol. The molecule has 0 bridgehead atoms. The zero-order chi connectivity index (χ0) is 17.5. The van der Waals surface area contributed by atoms with Crippen LogP contribution in [-0.2, 0) is 11.3 Å². The quantitative estimate of drug-likeness (QED) is 0.538. The first-order valence-electron chi connectivity index (χ1n) is 9.50. The average molecular weight is 346 g/mol. The van der Waals surface area contributed by atoms with Crippen molar-refractivity contribution in [2.45, 2.75) is 38.3 Å². The van der Waals surface area contributed by atoms with Gasteiger partial charge < -0.3 is 15.1 Å². The molecule has 2 aliphatic rings. The zero-order valence-corrected chi connectivity index (χ0v) is 14.9. The number of carbonyl (C=O) groups is 2. The maximum atomic E-state index is 12.1. The van der Waals surface area contributed by atoms with Crippen LogP contribution in [0.1, 0.15) is 31.2 Å². The van der Waals surface area contributed by atoms with Crippen molar-refractivity contribution in [1.29, 1.82) is 0 Å². The molecule has 2 fully saturated rings. The Kier molecular flexibility index (Phi) is 6.42. The Balaban J connectivity index is 1.34. The van der Waals surface area contributed by atoms with Gasteiger partial charge in [-0.25, -0.2) is 4.79 Å². The first-order valence-corrected chi connectivity index (χ1v) is 9.50. The minimum Gasteiger partial charge on any atom is -0.335 e. The Hall–Kier alpha value is -1.92. The summed E-state index contributed by atoms with van der Waals surface area (Å²) >= 11 is 0. The van der Waals surface area contributed by atoms with Crippen LogP contribution in [0.5, 0.6) is 0 Å². The average Bonchev–Trinajstić information content (AvgIpc) is 3.10. The number of imide groups is 1. The van der Waals surface area contributed by atoms with Crippen molar-refractivity contribution in [3.63, 3.8) is 0 Å². The van der Waals surface area contributed by atoms with Gasteiger partial charge in [-0.05, 0) is 12.8 Å². The van der Waals surface area contributed by atoms with Crippen molar-refractivity contribution in [2.75, 3.05) is 32.7 Å². The van der Waals surface area contributed by atoms with Gasteiger partial charge in [-0.1, -0.05) is 43.2 Å². The summed E-state index contributed by atoms with van der Waals surface area (Å²) in [6.07, 6.45) is 4.38. The van der Waals surface area contributed by atoms with Crippen LogP contribution in [0.3, 0.4) is 0 Å². The van der Waals surface area contributed by atoms with Crippen molar-refractivity contribution in [1.82, 2.24) is 10.6 Å². The highest BCUT2D eigenvalue weighted by Crippen LogP contribution is 2.17. The molecule has 0 unspecified atom stereocenters. The molecule has 0 aromatic heterocycles. The Bertz CT molecular complexity index is 564. The van der Waals surface area contributed by atoms with Crippen LogP contribution in [0.25, 0.3) is 0 Å². The molecule has 3 amide bonds. The molecule has 25 heavy (non-hydrogen) atoms. The van der Waals surface area contributed by atoms with E-state index in [4.69, 9.17) is 0 Å². The predicted molar refractivity (Wildman–Crippen MR) is 95.3 cm³/mol. The van der Waals surface area contributed by atoms with Crippen LogP contribution in [0.4, 0.5) is 4.79 Å². The number of nitrogens with one attached hydrogen (secondary N) is 4. The molecule has 1 heterocycles. The largest absolute Gasteiger partial charge is 0.335 e. The summed E-state index contributed by atoms with van der Waals surface area (Å²) < 4.78 is 0. The topological polar surface area (TPSA) is 67.1 Å². The molecule has 0 spiro atoms. The van der Waals surface area contributed by atoms with Crippen LogP contribution in [0.15, 0.2) is 30.3 Å². The molecule has 1 aliphatic carbocycles. The molecule has 0 atom stereocenters. The predicted octanol–water partition coefficient (Wildman–Crippen LogP) is -1.26. The number of urea groups is 1. The van der Waals surface area contributed by atoms with Gasteiger partial charge in [-0.3, -0.25) is 10.1 Å². The molecule has 1 saturated heterocycles. The van der Waals surface area contributed by atoms with E-state index in [0.717, 1.165) is 45.6 Å². The number of carbonyl (C=O) groups excluding carboxylic acids is 2. The van der Waals surface area contributed by atoms with Crippen molar-refractivity contribution in [3.05, 3.63) is 35.9 Å². The van der Waals surface area contributed by atoms with Gasteiger partial charge in [0.15, 0.2) is 6.54 Å². The molecule has 6 heteroatoms. The fourth-order valence-electron chi connectivity index (χ4n) is 3.88.